The Morgan fingerprint density at radius 1 is 0.925 bits per heavy atom. The summed E-state index contributed by atoms with van der Waals surface area (Å²) in [6.07, 6.45) is 13.0. The molecule has 0 saturated heterocycles. The van der Waals surface area contributed by atoms with E-state index in [4.69, 9.17) is 0 Å². The molecular weight excluding hydrogens is 762 g/mol. The van der Waals surface area contributed by atoms with Gasteiger partial charge in [0.05, 0.1) is 10.7 Å². The van der Waals surface area contributed by atoms with Crippen LogP contribution in [0.15, 0.2) is 69.3 Å². The van der Waals surface area contributed by atoms with Crippen LogP contribution < -0.4 is 14.6 Å². The highest BCUT2D eigenvalue weighted by Crippen LogP contribution is 2.48. The Hall–Kier alpha value is -1.37. The van der Waals surface area contributed by atoms with Crippen LogP contribution in [-0.4, -0.2) is 12.3 Å². The normalized spacial score (nSPS) is 17.0. The second-order valence-electron chi connectivity index (χ2n) is 10.3. The molecule has 3 aromatic rings. The summed E-state index contributed by atoms with van der Waals surface area (Å²) >= 11 is 8.00. The molecule has 0 radical (unpaired) electrons. The van der Waals surface area contributed by atoms with E-state index in [1.165, 1.54) is 66.5 Å². The largest absolute Gasteiger partial charge is 0.871 e. The monoisotopic (exact) mass is 796 g/mol. The van der Waals surface area contributed by atoms with Crippen LogP contribution in [0.4, 0.5) is 5.69 Å². The third-order valence-corrected chi connectivity index (χ3v) is 10.9. The van der Waals surface area contributed by atoms with Crippen LogP contribution in [0.1, 0.15) is 70.2 Å². The fourth-order valence-corrected chi connectivity index (χ4v) is 8.92. The predicted octanol–water partition coefficient (Wildman–Crippen LogP) is 8.59. The van der Waals surface area contributed by atoms with Gasteiger partial charge >= 0.3 is 0 Å². The number of carbonyl (C=O) groups excluding carboxylic acids is 1. The Morgan fingerprint density at radius 3 is 2.40 bits per heavy atom. The Labute approximate surface area is 272 Å². The summed E-state index contributed by atoms with van der Waals surface area (Å²) in [5.41, 5.74) is 2.96. The number of aromatic nitrogens is 1. The van der Waals surface area contributed by atoms with E-state index < -0.39 is 0 Å². The van der Waals surface area contributed by atoms with Gasteiger partial charge in [-0.05, 0) is 94.4 Å². The molecule has 1 aliphatic heterocycles. The quantitative estimate of drug-likeness (QED) is 0.0798. The third-order valence-electron chi connectivity index (χ3n) is 7.37. The first-order chi connectivity index (χ1) is 19.4. The number of fused-ring (bicyclic) bond motifs is 2. The molecule has 5 rings (SSSR count). The number of allylic oxidation sites excluding steroid dienone is 3. The van der Waals surface area contributed by atoms with Crippen molar-refractivity contribution >= 4 is 96.0 Å². The molecule has 0 fully saturated rings. The number of hydrogen-bond acceptors (Lipinski definition) is 5. The number of hydrogen-bond donors (Lipinski definition) is 0. The summed E-state index contributed by atoms with van der Waals surface area (Å²) in [7, 11) is 0. The predicted molar refractivity (Wildman–Crippen MR) is 183 cm³/mol. The van der Waals surface area contributed by atoms with Crippen LogP contribution in [0.25, 0.3) is 16.3 Å². The molecule has 4 nitrogen and oxygen atoms in total. The zero-order valence-electron chi connectivity index (χ0n) is 23.0. The molecule has 2 aliphatic rings. The summed E-state index contributed by atoms with van der Waals surface area (Å²) in [5.74, 6) is -0.279. The van der Waals surface area contributed by atoms with Crippen molar-refractivity contribution in [2.45, 2.75) is 76.7 Å². The van der Waals surface area contributed by atoms with Gasteiger partial charge in [0.25, 0.3) is 5.01 Å². The summed E-state index contributed by atoms with van der Waals surface area (Å²) in [6, 6.07) is 12.9. The Morgan fingerprint density at radius 2 is 1.65 bits per heavy atom. The van der Waals surface area contributed by atoms with Crippen molar-refractivity contribution in [2.75, 3.05) is 11.4 Å². The van der Waals surface area contributed by atoms with Crippen molar-refractivity contribution in [1.82, 2.24) is 0 Å². The van der Waals surface area contributed by atoms with E-state index in [0.29, 0.717) is 11.1 Å². The van der Waals surface area contributed by atoms with Crippen molar-refractivity contribution in [3.63, 3.8) is 0 Å². The number of thioether (sulfide) groups is 1. The number of aryl methyl sites for hydroxylation is 1. The minimum Gasteiger partial charge on any atom is -0.871 e. The molecular formula is C32H34I2N2O2S2. The van der Waals surface area contributed by atoms with Gasteiger partial charge in [-0.3, -0.25) is 4.79 Å². The second-order valence-corrected chi connectivity index (χ2v) is 14.9. The molecule has 1 aromatic heterocycles. The summed E-state index contributed by atoms with van der Waals surface area (Å²) in [6.45, 7) is 6.22. The summed E-state index contributed by atoms with van der Waals surface area (Å²) in [4.78, 5) is 16.9. The van der Waals surface area contributed by atoms with Gasteiger partial charge < -0.3 is 10.0 Å². The first-order valence-electron chi connectivity index (χ1n) is 14.2. The molecule has 210 valence electrons. The van der Waals surface area contributed by atoms with Crippen LogP contribution in [0.2, 0.25) is 0 Å². The highest BCUT2D eigenvalue weighted by Gasteiger charge is 2.32. The molecule has 8 heteroatoms. The lowest BCUT2D eigenvalue weighted by Crippen LogP contribution is -2.36. The number of ketones is 1. The van der Waals surface area contributed by atoms with Crippen LogP contribution >= 0.6 is 68.3 Å². The van der Waals surface area contributed by atoms with E-state index in [9.17, 15) is 9.90 Å². The Bertz CT molecular complexity index is 1520. The van der Waals surface area contributed by atoms with Crippen molar-refractivity contribution in [3.8, 4) is 0 Å². The molecule has 0 atom stereocenters. The van der Waals surface area contributed by atoms with Crippen molar-refractivity contribution in [2.24, 2.45) is 0 Å². The minimum absolute atomic E-state index is 0.140. The summed E-state index contributed by atoms with van der Waals surface area (Å²) < 4.78 is 5.85. The topological polar surface area (TPSA) is 47.2 Å². The molecule has 40 heavy (non-hydrogen) atoms. The number of anilines is 1. The molecule has 0 N–H and O–H groups in total. The van der Waals surface area contributed by atoms with E-state index >= 15 is 0 Å². The van der Waals surface area contributed by atoms with Gasteiger partial charge in [0.15, 0.2) is 12.3 Å². The van der Waals surface area contributed by atoms with Crippen LogP contribution in [0, 0.1) is 7.14 Å². The Balaban J connectivity index is 1.44. The van der Waals surface area contributed by atoms with Gasteiger partial charge in [-0.2, -0.15) is 4.57 Å². The van der Waals surface area contributed by atoms with Crippen LogP contribution in [0.5, 0.6) is 0 Å². The highest BCUT2D eigenvalue weighted by molar-refractivity contribution is 14.1. The van der Waals surface area contributed by atoms with Gasteiger partial charge in [-0.25, -0.2) is 0 Å². The lowest BCUT2D eigenvalue weighted by atomic mass is 9.88. The summed E-state index contributed by atoms with van der Waals surface area (Å²) in [5, 5.41) is 15.3. The molecule has 0 bridgehead atoms. The molecule has 2 heterocycles. The number of carbonyl (C=O) groups is 1. The molecule has 0 saturated carbocycles. The van der Waals surface area contributed by atoms with Gasteiger partial charge in [-0.15, -0.1) is 0 Å². The molecule has 0 spiro atoms. The van der Waals surface area contributed by atoms with E-state index in [-0.39, 0.29) is 11.5 Å². The van der Waals surface area contributed by atoms with Gasteiger partial charge in [0.2, 0.25) is 5.52 Å². The maximum absolute atomic E-state index is 13.4. The van der Waals surface area contributed by atoms with E-state index in [1.807, 2.05) is 12.2 Å². The second kappa shape index (κ2) is 13.7. The fraction of sp³-hybridized carbons (Fsp3) is 0.375. The van der Waals surface area contributed by atoms with Crippen molar-refractivity contribution in [3.05, 3.63) is 76.6 Å². The average Bonchev–Trinajstić information content (AvgIpc) is 3.46. The SMILES string of the molecule is CCCCCCN1/C(=C/C2=C([O-])C(=C/c3sc4cc(I)ccc4[n+]3CCCCCC)/C2=O)Sc2cc(I)ccc21. The van der Waals surface area contributed by atoms with E-state index in [0.717, 1.165) is 36.0 Å². The fourth-order valence-electron chi connectivity index (χ4n) is 5.17. The van der Waals surface area contributed by atoms with Gasteiger partial charge in [0, 0.05) is 48.3 Å². The molecule has 0 amide bonds. The first-order valence-corrected chi connectivity index (χ1v) is 18.0. The number of unbranched alkanes of at least 4 members (excludes halogenated alkanes) is 6. The lowest BCUT2D eigenvalue weighted by molar-refractivity contribution is -0.669. The smallest absolute Gasteiger partial charge is 0.263 e. The van der Waals surface area contributed by atoms with E-state index in [1.54, 1.807) is 23.1 Å². The zero-order valence-corrected chi connectivity index (χ0v) is 28.9. The Kier molecular flexibility index (Phi) is 10.3. The lowest BCUT2D eigenvalue weighted by Gasteiger charge is -2.29. The maximum atomic E-state index is 13.4. The first kappa shape index (κ1) is 30.1. The van der Waals surface area contributed by atoms with Crippen LogP contribution in [0.3, 0.4) is 0 Å². The van der Waals surface area contributed by atoms with E-state index in [2.05, 4.69) is 105 Å². The molecule has 0 unspecified atom stereocenters. The zero-order chi connectivity index (χ0) is 28.2. The standard InChI is InChI=1S/C32H34I2N2O2S2/c1-3-5-7-9-15-35-25-13-11-21(33)17-27(25)39-29(35)19-23-31(37)24(32(23)38)20-30-36(16-10-8-6-4-2)26-14-12-22(34)18-28(26)40-30/h11-14,17-20H,3-10,15-16H2,1-2H3. The highest BCUT2D eigenvalue weighted by atomic mass is 127. The number of nitrogens with zero attached hydrogens (tertiary/aromatic N) is 2. The van der Waals surface area contributed by atoms with Crippen LogP contribution in [-0.2, 0) is 11.3 Å². The van der Waals surface area contributed by atoms with Gasteiger partial charge in [0.1, 0.15) is 4.70 Å². The number of Topliss-reactive ketones (excluding diaryl/α,β-unsaturated/α-hetero) is 1. The number of rotatable bonds is 12. The molecule has 1 aliphatic carbocycles. The minimum atomic E-state index is -0.140. The van der Waals surface area contributed by atoms with Crippen molar-refractivity contribution in [1.29, 1.82) is 0 Å². The maximum Gasteiger partial charge on any atom is 0.263 e. The van der Waals surface area contributed by atoms with Crippen molar-refractivity contribution < 1.29 is 14.5 Å². The number of thiazole rings is 1. The number of benzene rings is 2. The average molecular weight is 797 g/mol. The third kappa shape index (κ3) is 6.49. The number of halogens is 2. The molecule has 2 aromatic carbocycles. The van der Waals surface area contributed by atoms with Gasteiger partial charge in [-0.1, -0.05) is 74.8 Å².